The predicted molar refractivity (Wildman–Crippen MR) is 76.7 cm³/mol. The lowest BCUT2D eigenvalue weighted by molar-refractivity contribution is -0.149. The van der Waals surface area contributed by atoms with Gasteiger partial charge in [-0.15, -0.1) is 0 Å². The number of carbonyl (C=O) groups excluding carboxylic acids is 2. The Kier molecular flexibility index (Phi) is 3.38. The van der Waals surface area contributed by atoms with E-state index in [1.807, 2.05) is 6.07 Å². The number of rotatable bonds is 2. The molecule has 21 heavy (non-hydrogen) atoms. The van der Waals surface area contributed by atoms with Crippen LogP contribution in [0.25, 0.3) is 11.5 Å². The van der Waals surface area contributed by atoms with Gasteiger partial charge < -0.3 is 0 Å². The van der Waals surface area contributed by atoms with Crippen molar-refractivity contribution in [2.24, 2.45) is 0 Å². The molecule has 2 amide bonds. The quantitative estimate of drug-likeness (QED) is 0.668. The average Bonchev–Trinajstić information content (AvgIpc) is 2.88. The molecule has 1 N–H and O–H groups in total. The summed E-state index contributed by atoms with van der Waals surface area (Å²) in [6.07, 6.45) is 2.37. The maximum absolute atomic E-state index is 12.3. The standard InChI is InChI=1S/C13H13N5O2S/c1-17-10(19)6-5-9(12(17)20)18-11(15-16-13(18)21)8-4-2-3-7-14-8/h2-4,7,9H,5-6H2,1H3,(H,16,21). The number of aromatic amines is 1. The lowest BCUT2D eigenvalue weighted by Gasteiger charge is -2.28. The topological polar surface area (TPSA) is 83.9 Å². The zero-order chi connectivity index (χ0) is 15.0. The fraction of sp³-hybridized carbons (Fsp3) is 0.308. The van der Waals surface area contributed by atoms with Crippen LogP contribution in [0.4, 0.5) is 0 Å². The Hall–Kier alpha value is -2.35. The van der Waals surface area contributed by atoms with Gasteiger partial charge in [0.1, 0.15) is 11.7 Å². The summed E-state index contributed by atoms with van der Waals surface area (Å²) in [6, 6.07) is 4.90. The van der Waals surface area contributed by atoms with Crippen LogP contribution >= 0.6 is 12.2 Å². The number of hydrogen-bond donors (Lipinski definition) is 1. The molecule has 1 aliphatic rings. The van der Waals surface area contributed by atoms with Crippen molar-refractivity contribution in [3.05, 3.63) is 29.2 Å². The van der Waals surface area contributed by atoms with Crippen LogP contribution in [0.1, 0.15) is 18.9 Å². The lowest BCUT2D eigenvalue weighted by Crippen LogP contribution is -2.43. The van der Waals surface area contributed by atoms with Crippen molar-refractivity contribution >= 4 is 24.0 Å². The van der Waals surface area contributed by atoms with Crippen molar-refractivity contribution in [2.75, 3.05) is 7.05 Å². The lowest BCUT2D eigenvalue weighted by atomic mass is 10.0. The van der Waals surface area contributed by atoms with Gasteiger partial charge >= 0.3 is 0 Å². The van der Waals surface area contributed by atoms with Crippen LogP contribution in [0.15, 0.2) is 24.4 Å². The van der Waals surface area contributed by atoms with E-state index in [2.05, 4.69) is 15.2 Å². The summed E-state index contributed by atoms with van der Waals surface area (Å²) < 4.78 is 1.99. The van der Waals surface area contributed by atoms with Gasteiger partial charge in [0.25, 0.3) is 5.91 Å². The summed E-state index contributed by atoms with van der Waals surface area (Å²) >= 11 is 5.24. The number of likely N-dealkylation sites (tertiary alicyclic amines) is 1. The van der Waals surface area contributed by atoms with Gasteiger partial charge in [0, 0.05) is 19.7 Å². The summed E-state index contributed by atoms with van der Waals surface area (Å²) in [5.41, 5.74) is 0.622. The SMILES string of the molecule is CN1C(=O)CCC(n2c(-c3ccccn3)n[nH]c2=S)C1=O. The highest BCUT2D eigenvalue weighted by Crippen LogP contribution is 2.27. The first kappa shape index (κ1) is 13.6. The largest absolute Gasteiger partial charge is 0.286 e. The average molecular weight is 303 g/mol. The second kappa shape index (κ2) is 5.21. The van der Waals surface area contributed by atoms with Gasteiger partial charge in [-0.05, 0) is 30.8 Å². The molecule has 1 aliphatic heterocycles. The summed E-state index contributed by atoms with van der Waals surface area (Å²) in [5.74, 6) is 0.0493. The van der Waals surface area contributed by atoms with Crippen LogP contribution in [0.5, 0.6) is 0 Å². The minimum Gasteiger partial charge on any atom is -0.286 e. The molecular weight excluding hydrogens is 290 g/mol. The van der Waals surface area contributed by atoms with Crippen LogP contribution in [-0.2, 0) is 9.59 Å². The number of hydrogen-bond acceptors (Lipinski definition) is 5. The van der Waals surface area contributed by atoms with Gasteiger partial charge in [0.2, 0.25) is 5.91 Å². The van der Waals surface area contributed by atoms with E-state index in [4.69, 9.17) is 12.2 Å². The highest BCUT2D eigenvalue weighted by molar-refractivity contribution is 7.71. The Bertz CT molecular complexity index is 751. The number of H-pyrrole nitrogens is 1. The van der Waals surface area contributed by atoms with Gasteiger partial charge in [0.05, 0.1) is 0 Å². The number of aromatic nitrogens is 4. The maximum atomic E-state index is 12.3. The van der Waals surface area contributed by atoms with E-state index in [1.165, 1.54) is 7.05 Å². The second-order valence-electron chi connectivity index (χ2n) is 4.78. The molecule has 1 atom stereocenters. The molecule has 0 aliphatic carbocycles. The molecule has 0 bridgehead atoms. The highest BCUT2D eigenvalue weighted by Gasteiger charge is 2.35. The van der Waals surface area contributed by atoms with Crippen molar-refractivity contribution in [3.63, 3.8) is 0 Å². The third-order valence-corrected chi connectivity index (χ3v) is 3.82. The number of piperidine rings is 1. The van der Waals surface area contributed by atoms with Crippen LogP contribution < -0.4 is 0 Å². The Morgan fingerprint density at radius 2 is 2.19 bits per heavy atom. The molecular formula is C13H13N5O2S. The molecule has 7 nitrogen and oxygen atoms in total. The minimum absolute atomic E-state index is 0.175. The molecule has 3 heterocycles. The Labute approximate surface area is 125 Å². The molecule has 1 saturated heterocycles. The minimum atomic E-state index is -0.532. The van der Waals surface area contributed by atoms with Crippen LogP contribution in [0, 0.1) is 4.77 Å². The zero-order valence-electron chi connectivity index (χ0n) is 11.3. The first-order valence-corrected chi connectivity index (χ1v) is 6.89. The number of nitrogens with one attached hydrogen (secondary N) is 1. The molecule has 0 radical (unpaired) electrons. The number of carbonyl (C=O) groups is 2. The van der Waals surface area contributed by atoms with Crippen molar-refractivity contribution in [2.45, 2.75) is 18.9 Å². The third-order valence-electron chi connectivity index (χ3n) is 3.53. The van der Waals surface area contributed by atoms with E-state index in [9.17, 15) is 9.59 Å². The number of imide groups is 1. The van der Waals surface area contributed by atoms with E-state index in [0.717, 1.165) is 4.90 Å². The summed E-state index contributed by atoms with van der Waals surface area (Å²) in [5, 5.41) is 6.87. The van der Waals surface area contributed by atoms with Crippen molar-refractivity contribution < 1.29 is 9.59 Å². The van der Waals surface area contributed by atoms with Crippen LogP contribution in [0.2, 0.25) is 0 Å². The van der Waals surface area contributed by atoms with Gasteiger partial charge in [-0.1, -0.05) is 6.07 Å². The van der Waals surface area contributed by atoms with Crippen LogP contribution in [0.3, 0.4) is 0 Å². The summed E-state index contributed by atoms with van der Waals surface area (Å²) in [7, 11) is 1.49. The first-order valence-electron chi connectivity index (χ1n) is 6.48. The molecule has 0 saturated carbocycles. The third kappa shape index (κ3) is 2.27. The van der Waals surface area contributed by atoms with E-state index in [1.54, 1.807) is 22.9 Å². The van der Waals surface area contributed by atoms with Gasteiger partial charge in [0.15, 0.2) is 10.6 Å². The summed E-state index contributed by atoms with van der Waals surface area (Å²) in [6.45, 7) is 0. The molecule has 2 aromatic heterocycles. The molecule has 2 aromatic rings. The molecule has 108 valence electrons. The number of amides is 2. The molecule has 0 aromatic carbocycles. The fourth-order valence-corrected chi connectivity index (χ4v) is 2.67. The normalized spacial score (nSPS) is 19.1. The Balaban J connectivity index is 2.08. The van der Waals surface area contributed by atoms with Gasteiger partial charge in [-0.3, -0.25) is 29.1 Å². The van der Waals surface area contributed by atoms with E-state index < -0.39 is 6.04 Å². The van der Waals surface area contributed by atoms with E-state index >= 15 is 0 Å². The Morgan fingerprint density at radius 1 is 1.38 bits per heavy atom. The first-order chi connectivity index (χ1) is 10.1. The predicted octanol–water partition coefficient (Wildman–Crippen LogP) is 1.32. The monoisotopic (exact) mass is 303 g/mol. The molecule has 8 heteroatoms. The number of nitrogens with zero attached hydrogens (tertiary/aromatic N) is 4. The molecule has 1 fully saturated rings. The Morgan fingerprint density at radius 3 is 2.90 bits per heavy atom. The molecule has 1 unspecified atom stereocenters. The highest BCUT2D eigenvalue weighted by atomic mass is 32.1. The second-order valence-corrected chi connectivity index (χ2v) is 5.17. The number of pyridine rings is 1. The van der Waals surface area contributed by atoms with Gasteiger partial charge in [-0.25, -0.2) is 0 Å². The van der Waals surface area contributed by atoms with Crippen molar-refractivity contribution in [1.82, 2.24) is 24.6 Å². The fourth-order valence-electron chi connectivity index (χ4n) is 2.41. The smallest absolute Gasteiger partial charge is 0.252 e. The van der Waals surface area contributed by atoms with Crippen molar-refractivity contribution in [3.8, 4) is 11.5 Å². The summed E-state index contributed by atoms with van der Waals surface area (Å²) in [4.78, 5) is 29.3. The van der Waals surface area contributed by atoms with E-state index in [0.29, 0.717) is 29.1 Å². The van der Waals surface area contributed by atoms with Gasteiger partial charge in [-0.2, -0.15) is 5.10 Å². The molecule has 0 spiro atoms. The maximum Gasteiger partial charge on any atom is 0.252 e. The van der Waals surface area contributed by atoms with Crippen LogP contribution in [-0.4, -0.2) is 43.5 Å². The molecule has 3 rings (SSSR count). The number of likely N-dealkylation sites (N-methyl/N-ethyl adjacent to an activating group) is 1. The van der Waals surface area contributed by atoms with E-state index in [-0.39, 0.29) is 11.8 Å². The van der Waals surface area contributed by atoms with Crippen molar-refractivity contribution in [1.29, 1.82) is 0 Å². The zero-order valence-corrected chi connectivity index (χ0v) is 12.1.